The van der Waals surface area contributed by atoms with Gasteiger partial charge in [-0.1, -0.05) is 41.9 Å². The molecule has 0 saturated heterocycles. The van der Waals surface area contributed by atoms with Gasteiger partial charge in [-0.05, 0) is 43.3 Å². The minimum absolute atomic E-state index is 0.203. The molecular formula is C17H19ClN2O. The Labute approximate surface area is 130 Å². The van der Waals surface area contributed by atoms with Crippen LogP contribution in [0.15, 0.2) is 48.5 Å². The van der Waals surface area contributed by atoms with Crippen LogP contribution in [0, 0.1) is 0 Å². The number of nitrogens with zero attached hydrogens (tertiary/aromatic N) is 1. The third kappa shape index (κ3) is 3.84. The van der Waals surface area contributed by atoms with E-state index in [1.54, 1.807) is 12.1 Å². The highest BCUT2D eigenvalue weighted by molar-refractivity contribution is 6.31. The van der Waals surface area contributed by atoms with Crippen LogP contribution in [0.4, 0.5) is 0 Å². The second kappa shape index (κ2) is 6.74. The molecule has 0 aliphatic heterocycles. The summed E-state index contributed by atoms with van der Waals surface area (Å²) in [4.78, 5) is 13.3. The topological polar surface area (TPSA) is 46.3 Å². The molecule has 1 amide bonds. The highest BCUT2D eigenvalue weighted by Gasteiger charge is 2.14. The van der Waals surface area contributed by atoms with Gasteiger partial charge in [-0.25, -0.2) is 0 Å². The van der Waals surface area contributed by atoms with E-state index in [1.807, 2.05) is 36.4 Å². The summed E-state index contributed by atoms with van der Waals surface area (Å²) in [6.07, 6.45) is 0. The molecule has 0 spiro atoms. The minimum Gasteiger partial charge on any atom is -0.366 e. The van der Waals surface area contributed by atoms with Crippen LogP contribution in [0.25, 0.3) is 0 Å². The Kier molecular flexibility index (Phi) is 4.99. The third-order valence-corrected chi connectivity index (χ3v) is 4.03. The zero-order chi connectivity index (χ0) is 15.4. The molecule has 2 rings (SSSR count). The van der Waals surface area contributed by atoms with Crippen LogP contribution in [0.1, 0.15) is 34.5 Å². The van der Waals surface area contributed by atoms with Crippen molar-refractivity contribution < 1.29 is 4.79 Å². The fourth-order valence-electron chi connectivity index (χ4n) is 2.25. The molecule has 0 aliphatic carbocycles. The molecule has 110 valence electrons. The summed E-state index contributed by atoms with van der Waals surface area (Å²) in [7, 11) is 2.05. The van der Waals surface area contributed by atoms with E-state index in [-0.39, 0.29) is 6.04 Å². The molecular weight excluding hydrogens is 284 g/mol. The fraction of sp³-hybridized carbons (Fsp3) is 0.235. The minimum atomic E-state index is -0.403. The van der Waals surface area contributed by atoms with Crippen LogP contribution in [0.2, 0.25) is 5.02 Å². The average Bonchev–Trinajstić information content (AvgIpc) is 2.47. The Balaban J connectivity index is 2.08. The molecule has 0 heterocycles. The van der Waals surface area contributed by atoms with E-state index in [9.17, 15) is 4.79 Å². The van der Waals surface area contributed by atoms with Crippen LogP contribution >= 0.6 is 11.6 Å². The Morgan fingerprint density at radius 1 is 1.19 bits per heavy atom. The molecule has 2 N–H and O–H groups in total. The molecule has 0 fully saturated rings. The van der Waals surface area contributed by atoms with Gasteiger partial charge < -0.3 is 5.73 Å². The number of hydrogen-bond acceptors (Lipinski definition) is 2. The van der Waals surface area contributed by atoms with Gasteiger partial charge in [-0.2, -0.15) is 0 Å². The average molecular weight is 303 g/mol. The summed E-state index contributed by atoms with van der Waals surface area (Å²) < 4.78 is 0. The van der Waals surface area contributed by atoms with Crippen molar-refractivity contribution >= 4 is 17.5 Å². The zero-order valence-corrected chi connectivity index (χ0v) is 13.0. The van der Waals surface area contributed by atoms with Gasteiger partial charge in [0.15, 0.2) is 0 Å². The molecule has 2 aromatic carbocycles. The van der Waals surface area contributed by atoms with Gasteiger partial charge >= 0.3 is 0 Å². The summed E-state index contributed by atoms with van der Waals surface area (Å²) in [5.41, 5.74) is 8.00. The standard InChI is InChI=1S/C17H19ClN2O/c1-12(15-5-3-4-6-16(15)18)20(2)11-13-7-9-14(10-8-13)17(19)21/h3-10,12H,11H2,1-2H3,(H2,19,21). The molecule has 4 heteroatoms. The SMILES string of the molecule is CC(c1ccccc1Cl)N(C)Cc1ccc(C(N)=O)cc1. The summed E-state index contributed by atoms with van der Waals surface area (Å²) >= 11 is 6.24. The summed E-state index contributed by atoms with van der Waals surface area (Å²) in [5, 5.41) is 0.779. The zero-order valence-electron chi connectivity index (χ0n) is 12.2. The highest BCUT2D eigenvalue weighted by atomic mass is 35.5. The molecule has 1 atom stereocenters. The number of nitrogens with two attached hydrogens (primary N) is 1. The van der Waals surface area contributed by atoms with Crippen LogP contribution in [0.3, 0.4) is 0 Å². The molecule has 0 bridgehead atoms. The first-order chi connectivity index (χ1) is 9.99. The van der Waals surface area contributed by atoms with Gasteiger partial charge in [0.25, 0.3) is 0 Å². The lowest BCUT2D eigenvalue weighted by molar-refractivity contribution is 0.100. The fourth-order valence-corrected chi connectivity index (χ4v) is 2.54. The lowest BCUT2D eigenvalue weighted by Gasteiger charge is -2.26. The number of benzene rings is 2. The van der Waals surface area contributed by atoms with Crippen molar-refractivity contribution in [2.24, 2.45) is 5.73 Å². The Hall–Kier alpha value is -1.84. The molecule has 1 unspecified atom stereocenters. The number of carbonyl (C=O) groups excluding carboxylic acids is 1. The largest absolute Gasteiger partial charge is 0.366 e. The van der Waals surface area contributed by atoms with E-state index in [0.29, 0.717) is 5.56 Å². The summed E-state index contributed by atoms with van der Waals surface area (Å²) in [5.74, 6) is -0.403. The monoisotopic (exact) mass is 302 g/mol. The first kappa shape index (κ1) is 15.5. The van der Waals surface area contributed by atoms with E-state index in [2.05, 4.69) is 18.9 Å². The van der Waals surface area contributed by atoms with Gasteiger partial charge in [-0.3, -0.25) is 9.69 Å². The number of primary amides is 1. The predicted molar refractivity (Wildman–Crippen MR) is 86.3 cm³/mol. The van der Waals surface area contributed by atoms with Gasteiger partial charge in [0.1, 0.15) is 0 Å². The van der Waals surface area contributed by atoms with Crippen LogP contribution < -0.4 is 5.73 Å². The van der Waals surface area contributed by atoms with Crippen LogP contribution in [-0.2, 0) is 6.54 Å². The first-order valence-corrected chi connectivity index (χ1v) is 7.20. The van der Waals surface area contributed by atoms with Gasteiger partial charge in [0.2, 0.25) is 5.91 Å². The van der Waals surface area contributed by atoms with Crippen molar-refractivity contribution in [2.45, 2.75) is 19.5 Å². The highest BCUT2D eigenvalue weighted by Crippen LogP contribution is 2.27. The Bertz CT molecular complexity index is 625. The summed E-state index contributed by atoms with van der Waals surface area (Å²) in [6.45, 7) is 2.89. The number of amides is 1. The van der Waals surface area contributed by atoms with Crippen molar-refractivity contribution in [3.05, 3.63) is 70.2 Å². The smallest absolute Gasteiger partial charge is 0.248 e. The van der Waals surface area contributed by atoms with E-state index >= 15 is 0 Å². The molecule has 0 aromatic heterocycles. The number of hydrogen-bond donors (Lipinski definition) is 1. The third-order valence-electron chi connectivity index (χ3n) is 3.69. The molecule has 0 saturated carbocycles. The maximum atomic E-state index is 11.1. The predicted octanol–water partition coefficient (Wildman–Crippen LogP) is 3.63. The normalized spacial score (nSPS) is 12.4. The van der Waals surface area contributed by atoms with Gasteiger partial charge in [-0.15, -0.1) is 0 Å². The van der Waals surface area contributed by atoms with Crippen LogP contribution in [0.5, 0.6) is 0 Å². The Morgan fingerprint density at radius 3 is 2.38 bits per heavy atom. The maximum absolute atomic E-state index is 11.1. The summed E-state index contributed by atoms with van der Waals surface area (Å²) in [6, 6.07) is 15.4. The van der Waals surface area contributed by atoms with Gasteiger partial charge in [0, 0.05) is 23.2 Å². The molecule has 0 aliphatic rings. The lowest BCUT2D eigenvalue weighted by atomic mass is 10.1. The van der Waals surface area contributed by atoms with Crippen LogP contribution in [-0.4, -0.2) is 17.9 Å². The van der Waals surface area contributed by atoms with E-state index < -0.39 is 5.91 Å². The number of halogens is 1. The van der Waals surface area contributed by atoms with Crippen molar-refractivity contribution in [1.29, 1.82) is 0 Å². The first-order valence-electron chi connectivity index (χ1n) is 6.82. The number of carbonyl (C=O) groups is 1. The maximum Gasteiger partial charge on any atom is 0.248 e. The Morgan fingerprint density at radius 2 is 1.81 bits per heavy atom. The quantitative estimate of drug-likeness (QED) is 0.916. The molecule has 0 radical (unpaired) electrons. The molecule has 2 aromatic rings. The molecule has 3 nitrogen and oxygen atoms in total. The van der Waals surface area contributed by atoms with Crippen molar-refractivity contribution in [2.75, 3.05) is 7.05 Å². The second-order valence-electron chi connectivity index (χ2n) is 5.17. The van der Waals surface area contributed by atoms with Gasteiger partial charge in [0.05, 0.1) is 0 Å². The van der Waals surface area contributed by atoms with E-state index in [4.69, 9.17) is 17.3 Å². The molecule has 21 heavy (non-hydrogen) atoms. The lowest BCUT2D eigenvalue weighted by Crippen LogP contribution is -2.22. The number of rotatable bonds is 5. The van der Waals surface area contributed by atoms with E-state index in [1.165, 1.54) is 0 Å². The van der Waals surface area contributed by atoms with Crippen molar-refractivity contribution in [3.63, 3.8) is 0 Å². The van der Waals surface area contributed by atoms with Crippen molar-refractivity contribution in [3.8, 4) is 0 Å². The van der Waals surface area contributed by atoms with E-state index in [0.717, 1.165) is 22.7 Å². The van der Waals surface area contributed by atoms with Crippen molar-refractivity contribution in [1.82, 2.24) is 4.90 Å². The second-order valence-corrected chi connectivity index (χ2v) is 5.58.